The molecule has 1 fully saturated rings. The van der Waals surface area contributed by atoms with Gasteiger partial charge in [-0.15, -0.1) is 10.2 Å². The van der Waals surface area contributed by atoms with E-state index in [1.165, 1.54) is 0 Å². The number of nitrogens with one attached hydrogen (secondary N) is 2. The van der Waals surface area contributed by atoms with E-state index in [4.69, 9.17) is 4.74 Å². The lowest BCUT2D eigenvalue weighted by Crippen LogP contribution is -2.32. The highest BCUT2D eigenvalue weighted by molar-refractivity contribution is 5.23. The molecule has 6 nitrogen and oxygen atoms in total. The fraction of sp³-hybridized carbons (Fsp3) is 0.818. The summed E-state index contributed by atoms with van der Waals surface area (Å²) in [4.78, 5) is 0. The van der Waals surface area contributed by atoms with Gasteiger partial charge in [0.2, 0.25) is 5.95 Å². The van der Waals surface area contributed by atoms with Crippen LogP contribution in [0.1, 0.15) is 18.7 Å². The molecule has 17 heavy (non-hydrogen) atoms. The van der Waals surface area contributed by atoms with Crippen LogP contribution in [-0.2, 0) is 18.2 Å². The van der Waals surface area contributed by atoms with Crippen LogP contribution < -0.4 is 10.6 Å². The molecule has 2 rings (SSSR count). The smallest absolute Gasteiger partial charge is 0.224 e. The average molecular weight is 239 g/mol. The minimum absolute atomic E-state index is 0.410. The van der Waals surface area contributed by atoms with Gasteiger partial charge in [-0.1, -0.05) is 0 Å². The van der Waals surface area contributed by atoms with Crippen molar-refractivity contribution < 1.29 is 4.74 Å². The Morgan fingerprint density at radius 2 is 2.18 bits per heavy atom. The van der Waals surface area contributed by atoms with Crippen molar-refractivity contribution in [3.8, 4) is 0 Å². The quantitative estimate of drug-likeness (QED) is 0.767. The normalized spacial score (nSPS) is 17.3. The summed E-state index contributed by atoms with van der Waals surface area (Å²) in [5.74, 6) is 1.75. The second kappa shape index (κ2) is 5.97. The van der Waals surface area contributed by atoms with Crippen LogP contribution in [0.3, 0.4) is 0 Å². The van der Waals surface area contributed by atoms with Gasteiger partial charge in [0.1, 0.15) is 5.82 Å². The van der Waals surface area contributed by atoms with Crippen LogP contribution in [-0.4, -0.2) is 47.6 Å². The van der Waals surface area contributed by atoms with Gasteiger partial charge in [-0.05, 0) is 25.9 Å². The van der Waals surface area contributed by atoms with E-state index >= 15 is 0 Å². The third-order valence-corrected chi connectivity index (χ3v) is 3.15. The van der Waals surface area contributed by atoms with Crippen LogP contribution in [0.25, 0.3) is 0 Å². The SMILES string of the molecule is CNc1nnc(CCOC2CCNCC2)n1C. The summed E-state index contributed by atoms with van der Waals surface area (Å²) < 4.78 is 7.81. The Labute approximate surface area is 102 Å². The average Bonchev–Trinajstić information content (AvgIpc) is 2.72. The Morgan fingerprint density at radius 3 is 2.82 bits per heavy atom. The van der Waals surface area contributed by atoms with E-state index in [2.05, 4.69) is 20.8 Å². The molecule has 0 bridgehead atoms. The predicted molar refractivity (Wildman–Crippen MR) is 66.1 cm³/mol. The van der Waals surface area contributed by atoms with E-state index in [0.717, 1.165) is 50.7 Å². The Balaban J connectivity index is 1.75. The van der Waals surface area contributed by atoms with Gasteiger partial charge in [-0.3, -0.25) is 0 Å². The zero-order valence-corrected chi connectivity index (χ0v) is 10.6. The standard InChI is InChI=1S/C11H21N5O/c1-12-11-15-14-10(16(11)2)5-8-17-9-3-6-13-7-4-9/h9,13H,3-8H2,1-2H3,(H,12,15). The van der Waals surface area contributed by atoms with Gasteiger partial charge < -0.3 is 19.9 Å². The molecule has 2 heterocycles. The van der Waals surface area contributed by atoms with Crippen molar-refractivity contribution in [2.75, 3.05) is 32.1 Å². The molecule has 1 aliphatic heterocycles. The molecule has 1 aliphatic rings. The number of rotatable bonds is 5. The lowest BCUT2D eigenvalue weighted by molar-refractivity contribution is 0.0340. The van der Waals surface area contributed by atoms with Gasteiger partial charge in [0.05, 0.1) is 12.7 Å². The number of aromatic nitrogens is 3. The highest BCUT2D eigenvalue weighted by atomic mass is 16.5. The zero-order valence-electron chi connectivity index (χ0n) is 10.6. The molecule has 0 radical (unpaired) electrons. The molecular formula is C11H21N5O. The third kappa shape index (κ3) is 3.17. The van der Waals surface area contributed by atoms with Crippen LogP contribution in [0.2, 0.25) is 0 Å². The van der Waals surface area contributed by atoms with Gasteiger partial charge in [-0.25, -0.2) is 0 Å². The number of nitrogens with zero attached hydrogens (tertiary/aromatic N) is 3. The molecule has 0 unspecified atom stereocenters. The Bertz CT molecular complexity index is 346. The van der Waals surface area contributed by atoms with Crippen LogP contribution in [0.4, 0.5) is 5.95 Å². The second-order valence-corrected chi connectivity index (χ2v) is 4.32. The Kier molecular flexibility index (Phi) is 4.33. The molecule has 0 aliphatic carbocycles. The van der Waals surface area contributed by atoms with Crippen LogP contribution in [0, 0.1) is 0 Å². The fourth-order valence-electron chi connectivity index (χ4n) is 2.08. The molecule has 0 spiro atoms. The fourth-order valence-corrected chi connectivity index (χ4v) is 2.08. The first-order chi connectivity index (χ1) is 8.31. The molecule has 1 saturated heterocycles. The summed E-state index contributed by atoms with van der Waals surface area (Å²) in [6.45, 7) is 2.86. The largest absolute Gasteiger partial charge is 0.378 e. The Hall–Kier alpha value is -1.14. The van der Waals surface area contributed by atoms with E-state index in [1.54, 1.807) is 0 Å². The van der Waals surface area contributed by atoms with Crippen molar-refractivity contribution in [2.24, 2.45) is 7.05 Å². The minimum atomic E-state index is 0.410. The van der Waals surface area contributed by atoms with E-state index in [1.807, 2.05) is 18.7 Å². The van der Waals surface area contributed by atoms with Crippen molar-refractivity contribution in [1.82, 2.24) is 20.1 Å². The van der Waals surface area contributed by atoms with Crippen molar-refractivity contribution in [3.63, 3.8) is 0 Å². The highest BCUT2D eigenvalue weighted by Crippen LogP contribution is 2.09. The molecule has 0 aromatic carbocycles. The summed E-state index contributed by atoms with van der Waals surface area (Å²) >= 11 is 0. The van der Waals surface area contributed by atoms with Crippen molar-refractivity contribution in [1.29, 1.82) is 0 Å². The van der Waals surface area contributed by atoms with E-state index in [-0.39, 0.29) is 0 Å². The molecule has 6 heteroatoms. The minimum Gasteiger partial charge on any atom is -0.378 e. The first-order valence-corrected chi connectivity index (χ1v) is 6.19. The molecule has 1 aromatic heterocycles. The van der Waals surface area contributed by atoms with Crippen LogP contribution >= 0.6 is 0 Å². The monoisotopic (exact) mass is 239 g/mol. The summed E-state index contributed by atoms with van der Waals surface area (Å²) in [5.41, 5.74) is 0. The van der Waals surface area contributed by atoms with Gasteiger partial charge in [0, 0.05) is 20.5 Å². The van der Waals surface area contributed by atoms with Gasteiger partial charge >= 0.3 is 0 Å². The maximum absolute atomic E-state index is 5.84. The maximum atomic E-state index is 5.84. The van der Waals surface area contributed by atoms with E-state index < -0.39 is 0 Å². The highest BCUT2D eigenvalue weighted by Gasteiger charge is 2.14. The molecular weight excluding hydrogens is 218 g/mol. The maximum Gasteiger partial charge on any atom is 0.224 e. The Morgan fingerprint density at radius 1 is 1.41 bits per heavy atom. The predicted octanol–water partition coefficient (Wildman–Crippen LogP) is 0.168. The topological polar surface area (TPSA) is 64.0 Å². The molecule has 0 saturated carbocycles. The summed E-state index contributed by atoms with van der Waals surface area (Å²) in [5, 5.41) is 14.5. The van der Waals surface area contributed by atoms with Gasteiger partial charge in [0.25, 0.3) is 0 Å². The van der Waals surface area contributed by atoms with Crippen LogP contribution in [0.15, 0.2) is 0 Å². The van der Waals surface area contributed by atoms with Crippen molar-refractivity contribution in [2.45, 2.75) is 25.4 Å². The second-order valence-electron chi connectivity index (χ2n) is 4.32. The van der Waals surface area contributed by atoms with Gasteiger partial charge in [-0.2, -0.15) is 0 Å². The third-order valence-electron chi connectivity index (χ3n) is 3.15. The summed E-state index contributed by atoms with van der Waals surface area (Å²) in [6.07, 6.45) is 3.45. The van der Waals surface area contributed by atoms with Gasteiger partial charge in [0.15, 0.2) is 0 Å². The van der Waals surface area contributed by atoms with Crippen LogP contribution in [0.5, 0.6) is 0 Å². The number of anilines is 1. The molecule has 1 aromatic rings. The number of hydrogen-bond donors (Lipinski definition) is 2. The van der Waals surface area contributed by atoms with Crippen molar-refractivity contribution >= 4 is 5.95 Å². The molecule has 0 amide bonds. The molecule has 0 atom stereocenters. The first kappa shape index (κ1) is 12.3. The number of piperidine rings is 1. The summed E-state index contributed by atoms with van der Waals surface area (Å²) in [7, 11) is 3.81. The first-order valence-electron chi connectivity index (χ1n) is 6.19. The lowest BCUT2D eigenvalue weighted by atomic mass is 10.1. The lowest BCUT2D eigenvalue weighted by Gasteiger charge is -2.22. The van der Waals surface area contributed by atoms with E-state index in [0.29, 0.717) is 6.10 Å². The zero-order chi connectivity index (χ0) is 12.1. The summed E-state index contributed by atoms with van der Waals surface area (Å²) in [6, 6.07) is 0. The molecule has 96 valence electrons. The number of ether oxygens (including phenoxy) is 1. The van der Waals surface area contributed by atoms with E-state index in [9.17, 15) is 0 Å². The molecule has 2 N–H and O–H groups in total. The van der Waals surface area contributed by atoms with Crippen molar-refractivity contribution in [3.05, 3.63) is 5.82 Å². The number of hydrogen-bond acceptors (Lipinski definition) is 5.